The Morgan fingerprint density at radius 1 is 0.421 bits per heavy atom. The number of benzene rings is 9. The van der Waals surface area contributed by atoms with Gasteiger partial charge in [0.1, 0.15) is 11.5 Å². The zero-order chi connectivity index (χ0) is 37.5. The number of nitrogens with zero attached hydrogens (tertiary/aromatic N) is 3. The summed E-state index contributed by atoms with van der Waals surface area (Å²) in [5.74, 6) is 1.81. The van der Waals surface area contributed by atoms with Crippen molar-refractivity contribution in [3.8, 4) is 17.2 Å². The van der Waals surface area contributed by atoms with Crippen LogP contribution >= 0.6 is 0 Å². The molecule has 0 N–H and O–H groups in total. The van der Waals surface area contributed by atoms with E-state index in [-0.39, 0.29) is 6.71 Å². The second-order valence-corrected chi connectivity index (χ2v) is 14.9. The Morgan fingerprint density at radius 2 is 1.09 bits per heavy atom. The molecule has 12 rings (SSSR count). The zero-order valence-corrected chi connectivity index (χ0v) is 31.0. The van der Waals surface area contributed by atoms with Crippen molar-refractivity contribution in [1.82, 2.24) is 4.57 Å². The topological polar surface area (TPSA) is 20.6 Å². The van der Waals surface area contributed by atoms with Crippen molar-refractivity contribution in [2.24, 2.45) is 0 Å². The molecule has 4 nitrogen and oxygen atoms in total. The first-order valence-electron chi connectivity index (χ1n) is 19.6. The molecule has 2 aliphatic heterocycles. The highest BCUT2D eigenvalue weighted by molar-refractivity contribution is 6.99. The van der Waals surface area contributed by atoms with Crippen LogP contribution in [-0.4, -0.2) is 11.3 Å². The Bertz CT molecular complexity index is 3170. The molecule has 0 radical (unpaired) electrons. The minimum absolute atomic E-state index is 0.00163. The Balaban J connectivity index is 1.11. The molecule has 0 unspecified atom stereocenters. The molecule has 0 fully saturated rings. The van der Waals surface area contributed by atoms with Gasteiger partial charge in [0.15, 0.2) is 0 Å². The molecule has 9 aromatic carbocycles. The van der Waals surface area contributed by atoms with E-state index in [0.29, 0.717) is 0 Å². The van der Waals surface area contributed by atoms with E-state index in [0.717, 1.165) is 62.0 Å². The van der Waals surface area contributed by atoms with Gasteiger partial charge in [0.2, 0.25) is 0 Å². The average molecular weight is 728 g/mol. The van der Waals surface area contributed by atoms with Crippen LogP contribution in [0.2, 0.25) is 0 Å². The van der Waals surface area contributed by atoms with Crippen LogP contribution in [0.4, 0.5) is 34.1 Å². The second-order valence-electron chi connectivity index (χ2n) is 14.9. The van der Waals surface area contributed by atoms with Gasteiger partial charge in [-0.05, 0) is 107 Å². The average Bonchev–Trinajstić information content (AvgIpc) is 3.59. The number of ether oxygens (including phenoxy) is 1. The van der Waals surface area contributed by atoms with Crippen LogP contribution in [0, 0.1) is 0 Å². The van der Waals surface area contributed by atoms with Gasteiger partial charge in [-0.15, -0.1) is 0 Å². The summed E-state index contributed by atoms with van der Waals surface area (Å²) in [7, 11) is 0. The summed E-state index contributed by atoms with van der Waals surface area (Å²) in [6.45, 7) is -0.00163. The first-order valence-corrected chi connectivity index (χ1v) is 19.6. The highest BCUT2D eigenvalue weighted by Crippen LogP contribution is 2.44. The van der Waals surface area contributed by atoms with E-state index in [4.69, 9.17) is 4.74 Å². The lowest BCUT2D eigenvalue weighted by Gasteiger charge is -2.39. The summed E-state index contributed by atoms with van der Waals surface area (Å²) in [4.78, 5) is 4.77. The molecule has 266 valence electrons. The van der Waals surface area contributed by atoms with Crippen LogP contribution < -0.4 is 30.9 Å². The molecular formula is C52H34BN3O. The number of hydrogen-bond donors (Lipinski definition) is 0. The molecule has 0 atom stereocenters. The van der Waals surface area contributed by atoms with Gasteiger partial charge in [-0.1, -0.05) is 121 Å². The Labute approximate surface area is 331 Å². The number of hydrogen-bond acceptors (Lipinski definition) is 3. The monoisotopic (exact) mass is 727 g/mol. The molecule has 0 saturated heterocycles. The Hall–Kier alpha value is -7.50. The quantitative estimate of drug-likeness (QED) is 0.165. The predicted molar refractivity (Wildman–Crippen MR) is 239 cm³/mol. The van der Waals surface area contributed by atoms with Gasteiger partial charge in [-0.25, -0.2) is 0 Å². The maximum Gasteiger partial charge on any atom is 0.256 e. The molecule has 0 spiro atoms. The van der Waals surface area contributed by atoms with Crippen molar-refractivity contribution >= 4 is 89.8 Å². The lowest BCUT2D eigenvalue weighted by Crippen LogP contribution is -2.59. The van der Waals surface area contributed by atoms with Crippen molar-refractivity contribution in [2.75, 3.05) is 9.80 Å². The van der Waals surface area contributed by atoms with Gasteiger partial charge in [0, 0.05) is 50.3 Å². The molecule has 10 aromatic rings. The molecule has 3 heterocycles. The summed E-state index contributed by atoms with van der Waals surface area (Å²) in [6.07, 6.45) is 0. The van der Waals surface area contributed by atoms with Gasteiger partial charge >= 0.3 is 0 Å². The summed E-state index contributed by atoms with van der Waals surface area (Å²) in [5.41, 5.74) is 13.8. The minimum Gasteiger partial charge on any atom is -0.458 e. The summed E-state index contributed by atoms with van der Waals surface area (Å²) in [6, 6.07) is 74.3. The number of anilines is 6. The summed E-state index contributed by atoms with van der Waals surface area (Å²) >= 11 is 0. The third-order valence-corrected chi connectivity index (χ3v) is 11.8. The van der Waals surface area contributed by atoms with Crippen molar-refractivity contribution in [2.45, 2.75) is 0 Å². The van der Waals surface area contributed by atoms with Crippen LogP contribution in [0.3, 0.4) is 0 Å². The fourth-order valence-electron chi connectivity index (χ4n) is 9.39. The third kappa shape index (κ3) is 4.82. The lowest BCUT2D eigenvalue weighted by atomic mass is 9.34. The molecule has 5 heteroatoms. The van der Waals surface area contributed by atoms with Crippen LogP contribution in [0.25, 0.3) is 38.3 Å². The highest BCUT2D eigenvalue weighted by Gasteiger charge is 2.42. The first-order chi connectivity index (χ1) is 28.3. The van der Waals surface area contributed by atoms with E-state index in [1.54, 1.807) is 0 Å². The van der Waals surface area contributed by atoms with E-state index < -0.39 is 0 Å². The van der Waals surface area contributed by atoms with Gasteiger partial charge in [-0.2, -0.15) is 0 Å². The van der Waals surface area contributed by atoms with Gasteiger partial charge in [0.25, 0.3) is 6.71 Å². The van der Waals surface area contributed by atoms with Gasteiger partial charge in [0.05, 0.1) is 16.7 Å². The summed E-state index contributed by atoms with van der Waals surface area (Å²) < 4.78 is 9.41. The maximum atomic E-state index is 6.97. The van der Waals surface area contributed by atoms with E-state index in [2.05, 4.69) is 221 Å². The fourth-order valence-corrected chi connectivity index (χ4v) is 9.39. The van der Waals surface area contributed by atoms with Crippen LogP contribution in [-0.2, 0) is 0 Å². The van der Waals surface area contributed by atoms with E-state index in [1.807, 2.05) is 0 Å². The van der Waals surface area contributed by atoms with Crippen LogP contribution in [0.1, 0.15) is 0 Å². The standard InChI is InChI=1S/C52H34BN3O/c1-4-18-36(19-5-1)54(45-27-14-17-35-16-10-11-24-40(35)45)39-30-31-41-42-33-51-44(34-49(42)56(48(41)32-39)38-22-8-3-9-23-38)53-43-25-12-13-26-46(43)55(37-20-6-2-7-21-37)47-28-15-29-50(57-51)52(47)53/h1-34H. The number of rotatable bonds is 5. The molecule has 2 aliphatic rings. The highest BCUT2D eigenvalue weighted by atomic mass is 16.5. The second kappa shape index (κ2) is 12.5. The maximum absolute atomic E-state index is 6.97. The molecular weight excluding hydrogens is 693 g/mol. The molecule has 0 amide bonds. The number of aromatic nitrogens is 1. The van der Waals surface area contributed by atoms with Gasteiger partial charge < -0.3 is 19.1 Å². The molecule has 57 heavy (non-hydrogen) atoms. The Morgan fingerprint density at radius 3 is 1.93 bits per heavy atom. The normalized spacial score (nSPS) is 12.6. The number of para-hydroxylation sites is 4. The van der Waals surface area contributed by atoms with Crippen LogP contribution in [0.15, 0.2) is 206 Å². The van der Waals surface area contributed by atoms with E-state index in [1.165, 1.54) is 38.2 Å². The first kappa shape index (κ1) is 31.8. The minimum atomic E-state index is -0.00163. The number of fused-ring (bicyclic) bond motifs is 8. The van der Waals surface area contributed by atoms with Gasteiger partial charge in [-0.3, -0.25) is 0 Å². The van der Waals surface area contributed by atoms with E-state index in [9.17, 15) is 0 Å². The zero-order valence-electron chi connectivity index (χ0n) is 31.0. The molecule has 0 aliphatic carbocycles. The molecule has 1 aromatic heterocycles. The molecule has 0 saturated carbocycles. The third-order valence-electron chi connectivity index (χ3n) is 11.8. The Kier molecular flexibility index (Phi) is 6.99. The smallest absolute Gasteiger partial charge is 0.256 e. The van der Waals surface area contributed by atoms with E-state index >= 15 is 0 Å². The largest absolute Gasteiger partial charge is 0.458 e. The predicted octanol–water partition coefficient (Wildman–Crippen LogP) is 11.8. The SMILES string of the molecule is c1ccc(N2c3ccccc3B3c4cc5c(cc4Oc4cccc2c43)c2ccc(N(c3ccccc3)c3cccc4ccccc34)cc2n5-c2ccccc2)cc1. The van der Waals surface area contributed by atoms with Crippen molar-refractivity contribution in [1.29, 1.82) is 0 Å². The summed E-state index contributed by atoms with van der Waals surface area (Å²) in [5, 5.41) is 4.75. The van der Waals surface area contributed by atoms with Crippen LogP contribution in [0.5, 0.6) is 11.5 Å². The molecule has 0 bridgehead atoms. The van der Waals surface area contributed by atoms with Crippen molar-refractivity contribution in [3.63, 3.8) is 0 Å². The fraction of sp³-hybridized carbons (Fsp3) is 0. The van der Waals surface area contributed by atoms with Crippen molar-refractivity contribution < 1.29 is 4.74 Å². The van der Waals surface area contributed by atoms with Crippen molar-refractivity contribution in [3.05, 3.63) is 206 Å². The lowest BCUT2D eigenvalue weighted by molar-refractivity contribution is 0.488.